The second kappa shape index (κ2) is 5.59. The summed E-state index contributed by atoms with van der Waals surface area (Å²) in [5.41, 5.74) is 1.33. The SMILES string of the molecule is Clc1ccc(CSCc2cccs2)cc1. The average Bonchev–Trinajstić information content (AvgIpc) is 2.74. The Labute approximate surface area is 103 Å². The first kappa shape index (κ1) is 11.1. The van der Waals surface area contributed by atoms with Crippen LogP contribution in [0.3, 0.4) is 0 Å². The van der Waals surface area contributed by atoms with E-state index >= 15 is 0 Å². The summed E-state index contributed by atoms with van der Waals surface area (Å²) in [6.45, 7) is 0. The van der Waals surface area contributed by atoms with Crippen molar-refractivity contribution in [1.82, 2.24) is 0 Å². The van der Waals surface area contributed by atoms with Gasteiger partial charge in [0.2, 0.25) is 0 Å². The molecule has 0 atom stereocenters. The van der Waals surface area contributed by atoms with Crippen molar-refractivity contribution in [3.05, 3.63) is 57.2 Å². The lowest BCUT2D eigenvalue weighted by molar-refractivity contribution is 1.40. The smallest absolute Gasteiger partial charge is 0.0406 e. The van der Waals surface area contributed by atoms with Crippen molar-refractivity contribution in [1.29, 1.82) is 0 Å². The second-order valence-electron chi connectivity index (χ2n) is 3.20. The third-order valence-electron chi connectivity index (χ3n) is 2.01. The molecule has 2 rings (SSSR count). The summed E-state index contributed by atoms with van der Waals surface area (Å²) in [5, 5.41) is 2.93. The molecule has 15 heavy (non-hydrogen) atoms. The molecule has 0 aliphatic carbocycles. The lowest BCUT2D eigenvalue weighted by Crippen LogP contribution is -1.80. The molecule has 3 heteroatoms. The lowest BCUT2D eigenvalue weighted by atomic mass is 10.2. The Kier molecular flexibility index (Phi) is 4.12. The fraction of sp³-hybridized carbons (Fsp3) is 0.167. The summed E-state index contributed by atoms with van der Waals surface area (Å²) in [5.74, 6) is 2.15. The molecular formula is C12H11ClS2. The molecule has 0 aliphatic heterocycles. The Balaban J connectivity index is 1.81. The molecule has 0 fully saturated rings. The van der Waals surface area contributed by atoms with Gasteiger partial charge in [0.05, 0.1) is 0 Å². The monoisotopic (exact) mass is 254 g/mol. The number of hydrogen-bond acceptors (Lipinski definition) is 2. The van der Waals surface area contributed by atoms with Crippen LogP contribution in [0.2, 0.25) is 5.02 Å². The zero-order chi connectivity index (χ0) is 10.5. The summed E-state index contributed by atoms with van der Waals surface area (Å²) in [4.78, 5) is 1.44. The van der Waals surface area contributed by atoms with Crippen molar-refractivity contribution in [2.45, 2.75) is 11.5 Å². The van der Waals surface area contributed by atoms with Crippen LogP contribution in [0.25, 0.3) is 0 Å². The van der Waals surface area contributed by atoms with Gasteiger partial charge in [-0.2, -0.15) is 11.8 Å². The van der Waals surface area contributed by atoms with Crippen LogP contribution in [-0.4, -0.2) is 0 Å². The van der Waals surface area contributed by atoms with Gasteiger partial charge in [-0.1, -0.05) is 29.8 Å². The highest BCUT2D eigenvalue weighted by Gasteiger charge is 1.96. The summed E-state index contributed by atoms with van der Waals surface area (Å²) in [6.07, 6.45) is 0. The molecule has 0 aliphatic rings. The van der Waals surface area contributed by atoms with Crippen molar-refractivity contribution >= 4 is 34.7 Å². The summed E-state index contributed by atoms with van der Waals surface area (Å²) in [6, 6.07) is 12.3. The molecule has 0 radical (unpaired) electrons. The minimum Gasteiger partial charge on any atom is -0.152 e. The Morgan fingerprint density at radius 3 is 2.53 bits per heavy atom. The third kappa shape index (κ3) is 3.56. The highest BCUT2D eigenvalue weighted by molar-refractivity contribution is 7.97. The zero-order valence-electron chi connectivity index (χ0n) is 8.15. The van der Waals surface area contributed by atoms with E-state index in [-0.39, 0.29) is 0 Å². The van der Waals surface area contributed by atoms with E-state index < -0.39 is 0 Å². The molecule has 1 aromatic heterocycles. The van der Waals surface area contributed by atoms with E-state index in [2.05, 4.69) is 29.6 Å². The van der Waals surface area contributed by atoms with Crippen LogP contribution >= 0.6 is 34.7 Å². The van der Waals surface area contributed by atoms with Crippen molar-refractivity contribution in [3.63, 3.8) is 0 Å². The van der Waals surface area contributed by atoms with Crippen molar-refractivity contribution in [2.24, 2.45) is 0 Å². The molecule has 0 bridgehead atoms. The average molecular weight is 255 g/mol. The van der Waals surface area contributed by atoms with Crippen molar-refractivity contribution in [2.75, 3.05) is 0 Å². The van der Waals surface area contributed by atoms with Crippen LogP contribution in [0, 0.1) is 0 Å². The molecule has 2 aromatic rings. The fourth-order valence-electron chi connectivity index (χ4n) is 1.24. The molecule has 0 saturated carbocycles. The van der Waals surface area contributed by atoms with Crippen LogP contribution < -0.4 is 0 Å². The van der Waals surface area contributed by atoms with Crippen LogP contribution in [0.4, 0.5) is 0 Å². The lowest BCUT2D eigenvalue weighted by Gasteiger charge is -2.00. The normalized spacial score (nSPS) is 10.5. The Hall–Kier alpha value is -0.440. The van der Waals surface area contributed by atoms with Crippen LogP contribution in [0.5, 0.6) is 0 Å². The topological polar surface area (TPSA) is 0 Å². The van der Waals surface area contributed by atoms with Gasteiger partial charge in [0, 0.05) is 21.4 Å². The van der Waals surface area contributed by atoms with Gasteiger partial charge in [-0.15, -0.1) is 11.3 Å². The molecule has 0 nitrogen and oxygen atoms in total. The number of rotatable bonds is 4. The van der Waals surface area contributed by atoms with E-state index in [4.69, 9.17) is 11.6 Å². The third-order valence-corrected chi connectivity index (χ3v) is 4.37. The number of benzene rings is 1. The number of thiophene rings is 1. The maximum atomic E-state index is 5.82. The van der Waals surface area contributed by atoms with Crippen molar-refractivity contribution < 1.29 is 0 Å². The van der Waals surface area contributed by atoms with Gasteiger partial charge in [0.1, 0.15) is 0 Å². The van der Waals surface area contributed by atoms with Crippen LogP contribution in [-0.2, 0) is 11.5 Å². The molecule has 0 N–H and O–H groups in total. The molecule has 0 saturated heterocycles. The molecule has 1 heterocycles. The number of hydrogen-bond donors (Lipinski definition) is 0. The first-order valence-electron chi connectivity index (χ1n) is 4.69. The standard InChI is InChI=1S/C12H11ClS2/c13-11-5-3-10(4-6-11)8-14-9-12-2-1-7-15-12/h1-7H,8-9H2. The predicted octanol–water partition coefficient (Wildman–Crippen LogP) is 4.83. The summed E-state index contributed by atoms with van der Waals surface area (Å²) in [7, 11) is 0. The minimum atomic E-state index is 0.807. The van der Waals surface area contributed by atoms with E-state index in [0.717, 1.165) is 16.5 Å². The molecule has 0 unspecified atom stereocenters. The Morgan fingerprint density at radius 2 is 1.87 bits per heavy atom. The van der Waals surface area contributed by atoms with Gasteiger partial charge in [0.25, 0.3) is 0 Å². The van der Waals surface area contributed by atoms with E-state index in [0.29, 0.717) is 0 Å². The van der Waals surface area contributed by atoms with E-state index in [1.807, 2.05) is 35.2 Å². The van der Waals surface area contributed by atoms with E-state index in [1.54, 1.807) is 0 Å². The van der Waals surface area contributed by atoms with Gasteiger partial charge >= 0.3 is 0 Å². The van der Waals surface area contributed by atoms with Gasteiger partial charge in [-0.25, -0.2) is 0 Å². The summed E-state index contributed by atoms with van der Waals surface area (Å²) >= 11 is 9.58. The Bertz CT molecular complexity index is 392. The maximum Gasteiger partial charge on any atom is 0.0406 e. The van der Waals surface area contributed by atoms with Gasteiger partial charge < -0.3 is 0 Å². The molecular weight excluding hydrogens is 244 g/mol. The molecule has 78 valence electrons. The fourth-order valence-corrected chi connectivity index (χ4v) is 3.21. The maximum absolute atomic E-state index is 5.82. The quantitative estimate of drug-likeness (QED) is 0.753. The van der Waals surface area contributed by atoms with Crippen LogP contribution in [0.15, 0.2) is 41.8 Å². The highest BCUT2D eigenvalue weighted by atomic mass is 35.5. The van der Waals surface area contributed by atoms with Crippen molar-refractivity contribution in [3.8, 4) is 0 Å². The van der Waals surface area contributed by atoms with Gasteiger partial charge in [-0.3, -0.25) is 0 Å². The minimum absolute atomic E-state index is 0.807. The second-order valence-corrected chi connectivity index (χ2v) is 5.65. The first-order chi connectivity index (χ1) is 7.34. The summed E-state index contributed by atoms with van der Waals surface area (Å²) < 4.78 is 0. The number of halogens is 1. The molecule has 0 spiro atoms. The largest absolute Gasteiger partial charge is 0.152 e. The molecule has 1 aromatic carbocycles. The van der Waals surface area contributed by atoms with Gasteiger partial charge in [-0.05, 0) is 29.1 Å². The van der Waals surface area contributed by atoms with E-state index in [9.17, 15) is 0 Å². The van der Waals surface area contributed by atoms with Gasteiger partial charge in [0.15, 0.2) is 0 Å². The predicted molar refractivity (Wildman–Crippen MR) is 70.8 cm³/mol. The van der Waals surface area contributed by atoms with E-state index in [1.165, 1.54) is 10.4 Å². The highest BCUT2D eigenvalue weighted by Crippen LogP contribution is 2.21. The van der Waals surface area contributed by atoms with Crippen LogP contribution in [0.1, 0.15) is 10.4 Å². The Morgan fingerprint density at radius 1 is 1.07 bits per heavy atom. The first-order valence-corrected chi connectivity index (χ1v) is 7.10. The molecule has 0 amide bonds. The zero-order valence-corrected chi connectivity index (χ0v) is 10.5. The number of thioether (sulfide) groups is 1.